The smallest absolute Gasteiger partial charge is 0.242 e. The van der Waals surface area contributed by atoms with Gasteiger partial charge in [0.25, 0.3) is 0 Å². The molecule has 0 bridgehead atoms. The summed E-state index contributed by atoms with van der Waals surface area (Å²) in [7, 11) is -1.63. The summed E-state index contributed by atoms with van der Waals surface area (Å²) >= 11 is 0. The van der Waals surface area contributed by atoms with Gasteiger partial charge in [-0.1, -0.05) is 12.1 Å². The first-order valence-corrected chi connectivity index (χ1v) is 6.91. The summed E-state index contributed by atoms with van der Waals surface area (Å²) in [5.74, 6) is -1.03. The van der Waals surface area contributed by atoms with E-state index in [4.69, 9.17) is 0 Å². The van der Waals surface area contributed by atoms with Gasteiger partial charge in [-0.25, -0.2) is 0 Å². The lowest BCUT2D eigenvalue weighted by molar-refractivity contribution is -0.140. The fraction of sp³-hybridized carbons (Fsp3) is 0.333. The van der Waals surface area contributed by atoms with Crippen LogP contribution in [-0.4, -0.2) is 38.3 Å². The van der Waals surface area contributed by atoms with Gasteiger partial charge >= 0.3 is 0 Å². The van der Waals surface area contributed by atoms with E-state index in [9.17, 15) is 18.9 Å². The summed E-state index contributed by atoms with van der Waals surface area (Å²) < 4.78 is 11.9. The highest BCUT2D eigenvalue weighted by atomic mass is 32.2. The van der Waals surface area contributed by atoms with E-state index in [0.29, 0.717) is 19.4 Å². The third kappa shape index (κ3) is 2.59. The number of amides is 2. The maximum absolute atomic E-state index is 11.9. The van der Waals surface area contributed by atoms with E-state index in [-0.39, 0.29) is 22.3 Å². The number of phenolic OH excluding ortho intramolecular Hbond substituents is 1. The van der Waals surface area contributed by atoms with Crippen LogP contribution < -0.4 is 0 Å². The van der Waals surface area contributed by atoms with E-state index in [1.165, 1.54) is 12.1 Å². The van der Waals surface area contributed by atoms with Crippen molar-refractivity contribution in [2.45, 2.75) is 17.7 Å². The number of para-hydroxylation sites is 1. The SMILES string of the molecule is O=C1CCCN1C(=O)CS(=O)c1ccccc1O. The average molecular weight is 267 g/mol. The summed E-state index contributed by atoms with van der Waals surface area (Å²) in [4.78, 5) is 24.5. The Bertz CT molecular complexity index is 515. The first kappa shape index (κ1) is 12.8. The Balaban J connectivity index is 2.06. The molecular formula is C12H13NO4S. The highest BCUT2D eigenvalue weighted by Crippen LogP contribution is 2.20. The largest absolute Gasteiger partial charge is 0.507 e. The second-order valence-electron chi connectivity index (χ2n) is 4.00. The van der Waals surface area contributed by atoms with Crippen molar-refractivity contribution in [3.8, 4) is 5.75 Å². The van der Waals surface area contributed by atoms with Crippen molar-refractivity contribution in [2.24, 2.45) is 0 Å². The van der Waals surface area contributed by atoms with Crippen LogP contribution in [0, 0.1) is 0 Å². The highest BCUT2D eigenvalue weighted by molar-refractivity contribution is 7.85. The van der Waals surface area contributed by atoms with Gasteiger partial charge in [0.05, 0.1) is 15.7 Å². The molecule has 1 atom stereocenters. The maximum atomic E-state index is 11.9. The molecule has 1 fully saturated rings. The van der Waals surface area contributed by atoms with Gasteiger partial charge < -0.3 is 5.11 Å². The molecule has 2 rings (SSSR count). The van der Waals surface area contributed by atoms with Crippen LogP contribution in [-0.2, 0) is 20.4 Å². The number of nitrogens with zero attached hydrogens (tertiary/aromatic N) is 1. The molecule has 0 saturated carbocycles. The second-order valence-corrected chi connectivity index (χ2v) is 5.42. The van der Waals surface area contributed by atoms with Crippen LogP contribution in [0.1, 0.15) is 12.8 Å². The van der Waals surface area contributed by atoms with Gasteiger partial charge in [-0.15, -0.1) is 0 Å². The molecule has 1 aromatic carbocycles. The van der Waals surface area contributed by atoms with E-state index in [2.05, 4.69) is 0 Å². The number of carbonyl (C=O) groups excluding carboxylic acids is 2. The van der Waals surface area contributed by atoms with E-state index in [0.717, 1.165) is 4.90 Å². The molecular weight excluding hydrogens is 254 g/mol. The zero-order valence-corrected chi connectivity index (χ0v) is 10.5. The van der Waals surface area contributed by atoms with Crippen molar-refractivity contribution in [3.05, 3.63) is 24.3 Å². The molecule has 0 radical (unpaired) electrons. The number of benzene rings is 1. The van der Waals surface area contributed by atoms with Crippen molar-refractivity contribution in [2.75, 3.05) is 12.3 Å². The minimum absolute atomic E-state index is 0.101. The van der Waals surface area contributed by atoms with Crippen molar-refractivity contribution >= 4 is 22.6 Å². The van der Waals surface area contributed by atoms with Crippen LogP contribution in [0.3, 0.4) is 0 Å². The molecule has 6 heteroatoms. The molecule has 0 aliphatic carbocycles. The standard InChI is InChI=1S/C12H13NO4S/c14-9-4-1-2-5-10(9)18(17)8-12(16)13-7-3-6-11(13)15/h1-2,4-5,14H,3,6-8H2. The summed E-state index contributed by atoms with van der Waals surface area (Å²) in [5.41, 5.74) is 0. The van der Waals surface area contributed by atoms with Gasteiger partial charge in [-0.2, -0.15) is 0 Å². The minimum Gasteiger partial charge on any atom is -0.507 e. The number of rotatable bonds is 3. The zero-order chi connectivity index (χ0) is 13.1. The number of carbonyl (C=O) groups is 2. The monoisotopic (exact) mass is 267 g/mol. The van der Waals surface area contributed by atoms with Crippen molar-refractivity contribution in [1.29, 1.82) is 0 Å². The van der Waals surface area contributed by atoms with Gasteiger partial charge in [-0.3, -0.25) is 18.7 Å². The Morgan fingerprint density at radius 3 is 2.72 bits per heavy atom. The van der Waals surface area contributed by atoms with Crippen molar-refractivity contribution in [3.63, 3.8) is 0 Å². The molecule has 1 aliphatic rings. The normalized spacial score (nSPS) is 16.9. The van der Waals surface area contributed by atoms with E-state index in [1.54, 1.807) is 12.1 Å². The quantitative estimate of drug-likeness (QED) is 0.872. The predicted molar refractivity (Wildman–Crippen MR) is 65.3 cm³/mol. The number of aromatic hydroxyl groups is 1. The molecule has 18 heavy (non-hydrogen) atoms. The van der Waals surface area contributed by atoms with Gasteiger partial charge in [0.2, 0.25) is 11.8 Å². The van der Waals surface area contributed by atoms with E-state index >= 15 is 0 Å². The van der Waals surface area contributed by atoms with Crippen LogP contribution in [0.5, 0.6) is 5.75 Å². The lowest BCUT2D eigenvalue weighted by atomic mass is 10.3. The molecule has 0 aromatic heterocycles. The number of hydrogen-bond acceptors (Lipinski definition) is 4. The second kappa shape index (κ2) is 5.30. The Morgan fingerprint density at radius 2 is 2.11 bits per heavy atom. The molecule has 1 N–H and O–H groups in total. The van der Waals surface area contributed by atoms with Crippen LogP contribution in [0.15, 0.2) is 29.2 Å². The fourth-order valence-electron chi connectivity index (χ4n) is 1.83. The van der Waals surface area contributed by atoms with Crippen LogP contribution >= 0.6 is 0 Å². The number of phenols is 1. The molecule has 2 amide bonds. The van der Waals surface area contributed by atoms with Crippen molar-refractivity contribution < 1.29 is 18.9 Å². The topological polar surface area (TPSA) is 74.7 Å². The van der Waals surface area contributed by atoms with Gasteiger partial charge in [-0.05, 0) is 18.6 Å². The Labute approximate surface area is 107 Å². The third-order valence-corrected chi connectivity index (χ3v) is 4.08. The number of imide groups is 1. The lowest BCUT2D eigenvalue weighted by Gasteiger charge is -2.13. The lowest BCUT2D eigenvalue weighted by Crippen LogP contribution is -2.35. The molecule has 0 spiro atoms. The number of hydrogen-bond donors (Lipinski definition) is 1. The van der Waals surface area contributed by atoms with E-state index < -0.39 is 16.7 Å². The Morgan fingerprint density at radius 1 is 1.39 bits per heavy atom. The van der Waals surface area contributed by atoms with Gasteiger partial charge in [0, 0.05) is 13.0 Å². The molecule has 1 saturated heterocycles. The van der Waals surface area contributed by atoms with Crippen LogP contribution in [0.4, 0.5) is 0 Å². The fourth-order valence-corrected chi connectivity index (χ4v) is 2.90. The van der Waals surface area contributed by atoms with Gasteiger partial charge in [0.15, 0.2) is 0 Å². The first-order chi connectivity index (χ1) is 8.59. The summed E-state index contributed by atoms with van der Waals surface area (Å²) in [5, 5.41) is 9.53. The Hall–Kier alpha value is -1.69. The molecule has 96 valence electrons. The van der Waals surface area contributed by atoms with Crippen LogP contribution in [0.25, 0.3) is 0 Å². The van der Waals surface area contributed by atoms with Gasteiger partial charge in [0.1, 0.15) is 11.5 Å². The Kier molecular flexibility index (Phi) is 3.76. The maximum Gasteiger partial charge on any atom is 0.242 e. The van der Waals surface area contributed by atoms with Crippen LogP contribution in [0.2, 0.25) is 0 Å². The minimum atomic E-state index is -1.63. The number of likely N-dealkylation sites (tertiary alicyclic amines) is 1. The van der Waals surface area contributed by atoms with Crippen molar-refractivity contribution in [1.82, 2.24) is 4.90 Å². The summed E-state index contributed by atoms with van der Waals surface area (Å²) in [6, 6.07) is 6.17. The summed E-state index contributed by atoms with van der Waals surface area (Å²) in [6.07, 6.45) is 1.03. The molecule has 1 aromatic rings. The first-order valence-electron chi connectivity index (χ1n) is 5.59. The molecule has 1 heterocycles. The summed E-state index contributed by atoms with van der Waals surface area (Å²) in [6.45, 7) is 0.398. The third-order valence-electron chi connectivity index (χ3n) is 2.74. The average Bonchev–Trinajstić information content (AvgIpc) is 2.76. The molecule has 1 aliphatic heterocycles. The predicted octanol–water partition coefficient (Wildman–Crippen LogP) is 0.649. The molecule has 1 unspecified atom stereocenters. The zero-order valence-electron chi connectivity index (χ0n) is 9.67. The van der Waals surface area contributed by atoms with E-state index in [1.807, 2.05) is 0 Å². The molecule has 5 nitrogen and oxygen atoms in total. The highest BCUT2D eigenvalue weighted by Gasteiger charge is 2.27.